The zero-order valence-electron chi connectivity index (χ0n) is 16.2. The van der Waals surface area contributed by atoms with E-state index < -0.39 is 6.04 Å². The van der Waals surface area contributed by atoms with Crippen LogP contribution in [0.3, 0.4) is 0 Å². The van der Waals surface area contributed by atoms with Gasteiger partial charge in [-0.1, -0.05) is 42.7 Å². The van der Waals surface area contributed by atoms with Crippen LogP contribution >= 0.6 is 12.4 Å². The fourth-order valence-corrected chi connectivity index (χ4v) is 3.30. The Morgan fingerprint density at radius 1 is 0.929 bits per heavy atom. The van der Waals surface area contributed by atoms with E-state index in [1.165, 1.54) is 12.8 Å². The molecule has 3 rings (SSSR count). The van der Waals surface area contributed by atoms with Crippen molar-refractivity contribution >= 4 is 29.9 Å². The third-order valence-corrected chi connectivity index (χ3v) is 5.01. The van der Waals surface area contributed by atoms with Crippen molar-refractivity contribution in [2.75, 3.05) is 18.4 Å². The van der Waals surface area contributed by atoms with Crippen LogP contribution in [0.25, 0.3) is 0 Å². The molecule has 150 valence electrons. The van der Waals surface area contributed by atoms with Gasteiger partial charge in [0, 0.05) is 24.3 Å². The van der Waals surface area contributed by atoms with E-state index in [-0.39, 0.29) is 24.2 Å². The molecule has 0 radical (unpaired) electrons. The molecule has 0 saturated carbocycles. The number of hydrogen-bond donors (Lipinski definition) is 2. The van der Waals surface area contributed by atoms with Crippen molar-refractivity contribution in [3.8, 4) is 0 Å². The first kappa shape index (κ1) is 21.9. The molecule has 6 heteroatoms. The molecular formula is C22H28ClN3O2. The summed E-state index contributed by atoms with van der Waals surface area (Å²) >= 11 is 0. The summed E-state index contributed by atoms with van der Waals surface area (Å²) in [6.45, 7) is 3.63. The maximum absolute atomic E-state index is 12.6. The van der Waals surface area contributed by atoms with Crippen molar-refractivity contribution in [2.24, 2.45) is 5.73 Å². The summed E-state index contributed by atoms with van der Waals surface area (Å²) in [5, 5.41) is 2.82. The lowest BCUT2D eigenvalue weighted by molar-refractivity contribution is -0.117. The van der Waals surface area contributed by atoms with E-state index in [4.69, 9.17) is 5.73 Å². The molecule has 5 nitrogen and oxygen atoms in total. The molecule has 0 aliphatic carbocycles. The largest absolute Gasteiger partial charge is 0.339 e. The summed E-state index contributed by atoms with van der Waals surface area (Å²) in [4.78, 5) is 26.9. The molecular weight excluding hydrogens is 374 g/mol. The number of aryl methyl sites for hydroxylation is 1. The maximum Gasteiger partial charge on any atom is 0.253 e. The zero-order chi connectivity index (χ0) is 19.2. The lowest BCUT2D eigenvalue weighted by Gasteiger charge is -2.20. The molecule has 1 saturated heterocycles. The summed E-state index contributed by atoms with van der Waals surface area (Å²) in [5.74, 6) is -0.211. The van der Waals surface area contributed by atoms with Gasteiger partial charge in [0.2, 0.25) is 5.91 Å². The first-order valence-electron chi connectivity index (χ1n) is 9.57. The molecule has 2 aromatic rings. The van der Waals surface area contributed by atoms with Crippen LogP contribution in [0.4, 0.5) is 5.69 Å². The number of amides is 2. The number of nitrogens with one attached hydrogen (secondary N) is 1. The standard InChI is InChI=1S/C22H27N3O2.ClH/c1-16-6-8-17(9-7-16)20(23)21(26)24-19-12-10-18(11-13-19)22(27)25-14-4-2-3-5-15-25;/h6-13,20H,2-5,14-15,23H2,1H3,(H,24,26);1H. The van der Waals surface area contributed by atoms with Crippen molar-refractivity contribution in [3.05, 3.63) is 65.2 Å². The van der Waals surface area contributed by atoms with Crippen LogP contribution in [-0.4, -0.2) is 29.8 Å². The Hall–Kier alpha value is -2.37. The number of anilines is 1. The first-order valence-corrected chi connectivity index (χ1v) is 9.57. The number of halogens is 1. The fourth-order valence-electron chi connectivity index (χ4n) is 3.30. The molecule has 2 aromatic carbocycles. The molecule has 1 unspecified atom stereocenters. The van der Waals surface area contributed by atoms with Crippen LogP contribution < -0.4 is 11.1 Å². The third kappa shape index (κ3) is 5.57. The minimum atomic E-state index is -0.732. The number of nitrogens with zero attached hydrogens (tertiary/aromatic N) is 1. The highest BCUT2D eigenvalue weighted by Gasteiger charge is 2.18. The van der Waals surface area contributed by atoms with Gasteiger partial charge in [-0.15, -0.1) is 12.4 Å². The third-order valence-electron chi connectivity index (χ3n) is 5.01. The van der Waals surface area contributed by atoms with E-state index >= 15 is 0 Å². The van der Waals surface area contributed by atoms with Gasteiger partial charge in [0.15, 0.2) is 0 Å². The summed E-state index contributed by atoms with van der Waals surface area (Å²) in [7, 11) is 0. The highest BCUT2D eigenvalue weighted by Crippen LogP contribution is 2.18. The Labute approximate surface area is 172 Å². The second-order valence-electron chi connectivity index (χ2n) is 7.16. The Bertz CT molecular complexity index is 782. The molecule has 1 atom stereocenters. The van der Waals surface area contributed by atoms with Gasteiger partial charge in [0.1, 0.15) is 6.04 Å². The van der Waals surface area contributed by atoms with Gasteiger partial charge in [-0.05, 0) is 49.6 Å². The predicted molar refractivity (Wildman–Crippen MR) is 115 cm³/mol. The van der Waals surface area contributed by atoms with Crippen LogP contribution in [-0.2, 0) is 4.79 Å². The van der Waals surface area contributed by atoms with Crippen LogP contribution in [0.1, 0.15) is 53.2 Å². The van der Waals surface area contributed by atoms with Crippen LogP contribution in [0.2, 0.25) is 0 Å². The number of likely N-dealkylation sites (tertiary alicyclic amines) is 1. The number of carbonyl (C=O) groups is 2. The second-order valence-corrected chi connectivity index (χ2v) is 7.16. The molecule has 1 aliphatic heterocycles. The predicted octanol–water partition coefficient (Wildman–Crippen LogP) is 4.07. The fraction of sp³-hybridized carbons (Fsp3) is 0.364. The smallest absolute Gasteiger partial charge is 0.253 e. The number of nitrogens with two attached hydrogens (primary N) is 1. The Balaban J connectivity index is 0.00000280. The minimum Gasteiger partial charge on any atom is -0.339 e. The molecule has 1 aliphatic rings. The highest BCUT2D eigenvalue weighted by atomic mass is 35.5. The van der Waals surface area contributed by atoms with Crippen molar-refractivity contribution in [2.45, 2.75) is 38.6 Å². The number of rotatable bonds is 4. The number of carbonyl (C=O) groups excluding carboxylic acids is 2. The molecule has 28 heavy (non-hydrogen) atoms. The zero-order valence-corrected chi connectivity index (χ0v) is 17.0. The monoisotopic (exact) mass is 401 g/mol. The summed E-state index contributed by atoms with van der Waals surface area (Å²) in [6, 6.07) is 13.9. The molecule has 1 fully saturated rings. The van der Waals surface area contributed by atoms with Gasteiger partial charge in [0.05, 0.1) is 0 Å². The summed E-state index contributed by atoms with van der Waals surface area (Å²) < 4.78 is 0. The van der Waals surface area contributed by atoms with Gasteiger partial charge in [-0.25, -0.2) is 0 Å². The Morgan fingerprint density at radius 3 is 2.07 bits per heavy atom. The van der Waals surface area contributed by atoms with E-state index in [0.717, 1.165) is 37.1 Å². The van der Waals surface area contributed by atoms with Crippen LogP contribution in [0, 0.1) is 6.92 Å². The lowest BCUT2D eigenvalue weighted by Crippen LogP contribution is -2.31. The van der Waals surface area contributed by atoms with Crippen molar-refractivity contribution in [3.63, 3.8) is 0 Å². The van der Waals surface area contributed by atoms with Crippen LogP contribution in [0.15, 0.2) is 48.5 Å². The van der Waals surface area contributed by atoms with Crippen molar-refractivity contribution in [1.29, 1.82) is 0 Å². The van der Waals surface area contributed by atoms with E-state index in [1.807, 2.05) is 36.1 Å². The number of benzene rings is 2. The normalized spacial score (nSPS) is 15.1. The maximum atomic E-state index is 12.6. The SMILES string of the molecule is Cc1ccc(C(N)C(=O)Nc2ccc(C(=O)N3CCCCCC3)cc2)cc1.Cl. The minimum absolute atomic E-state index is 0. The van der Waals surface area contributed by atoms with E-state index in [1.54, 1.807) is 24.3 Å². The molecule has 0 spiro atoms. The summed E-state index contributed by atoms with van der Waals surface area (Å²) in [5.41, 5.74) is 9.23. The van der Waals surface area contributed by atoms with Gasteiger partial charge in [0.25, 0.3) is 5.91 Å². The summed E-state index contributed by atoms with van der Waals surface area (Å²) in [6.07, 6.45) is 4.51. The Morgan fingerprint density at radius 2 is 1.50 bits per heavy atom. The van der Waals surface area contributed by atoms with Gasteiger partial charge in [-0.2, -0.15) is 0 Å². The van der Waals surface area contributed by atoms with Gasteiger partial charge >= 0.3 is 0 Å². The highest BCUT2D eigenvalue weighted by molar-refractivity contribution is 5.97. The molecule has 1 heterocycles. The van der Waals surface area contributed by atoms with E-state index in [0.29, 0.717) is 11.3 Å². The van der Waals surface area contributed by atoms with Crippen LogP contribution in [0.5, 0.6) is 0 Å². The second kappa shape index (κ2) is 10.2. The molecule has 2 amide bonds. The Kier molecular flexibility index (Phi) is 8.03. The molecule has 3 N–H and O–H groups in total. The molecule has 0 bridgehead atoms. The quantitative estimate of drug-likeness (QED) is 0.810. The lowest BCUT2D eigenvalue weighted by atomic mass is 10.1. The topological polar surface area (TPSA) is 75.4 Å². The van der Waals surface area contributed by atoms with Crippen molar-refractivity contribution in [1.82, 2.24) is 4.90 Å². The molecule has 0 aromatic heterocycles. The van der Waals surface area contributed by atoms with E-state index in [2.05, 4.69) is 5.32 Å². The van der Waals surface area contributed by atoms with E-state index in [9.17, 15) is 9.59 Å². The van der Waals surface area contributed by atoms with Gasteiger partial charge < -0.3 is 16.0 Å². The average molecular weight is 402 g/mol. The number of hydrogen-bond acceptors (Lipinski definition) is 3. The van der Waals surface area contributed by atoms with Crippen molar-refractivity contribution < 1.29 is 9.59 Å². The van der Waals surface area contributed by atoms with Gasteiger partial charge in [-0.3, -0.25) is 9.59 Å². The average Bonchev–Trinajstić information content (AvgIpc) is 2.97. The first-order chi connectivity index (χ1) is 13.0.